The van der Waals surface area contributed by atoms with Crippen LogP contribution in [0.25, 0.3) is 0 Å². The van der Waals surface area contributed by atoms with E-state index in [0.29, 0.717) is 19.5 Å². The molecule has 2 rings (SSSR count). The predicted octanol–water partition coefficient (Wildman–Crippen LogP) is 0.869. The van der Waals surface area contributed by atoms with Crippen LogP contribution in [0.15, 0.2) is 28.7 Å². The van der Waals surface area contributed by atoms with Crippen LogP contribution < -0.4 is 10.6 Å². The van der Waals surface area contributed by atoms with Gasteiger partial charge in [0.15, 0.2) is 0 Å². The van der Waals surface area contributed by atoms with E-state index in [1.54, 1.807) is 0 Å². The Bertz CT molecular complexity index is 486. The largest absolute Gasteiger partial charge is 0.467 e. The van der Waals surface area contributed by atoms with Gasteiger partial charge in [-0.15, -0.1) is 0 Å². The van der Waals surface area contributed by atoms with Crippen LogP contribution in [0.3, 0.4) is 0 Å². The Morgan fingerprint density at radius 1 is 1.40 bits per heavy atom. The van der Waals surface area contributed by atoms with Crippen molar-refractivity contribution in [2.75, 3.05) is 20.2 Å². The van der Waals surface area contributed by atoms with Gasteiger partial charge in [-0.3, -0.25) is 4.79 Å². The van der Waals surface area contributed by atoms with E-state index in [2.05, 4.69) is 26.6 Å². The maximum Gasteiger partial charge on any atom is 0.328 e. The van der Waals surface area contributed by atoms with Gasteiger partial charge in [-0.25, -0.2) is 4.79 Å². The first kappa shape index (κ1) is 15.0. The zero-order chi connectivity index (χ0) is 14.5. The van der Waals surface area contributed by atoms with Crippen LogP contribution in [-0.2, 0) is 20.7 Å². The number of carbonyl (C=O) groups excluding carboxylic acids is 2. The van der Waals surface area contributed by atoms with Crippen LogP contribution in [0.4, 0.5) is 0 Å². The summed E-state index contributed by atoms with van der Waals surface area (Å²) in [5, 5.41) is 5.80. The van der Waals surface area contributed by atoms with Crippen LogP contribution in [-0.4, -0.2) is 38.1 Å². The van der Waals surface area contributed by atoms with Crippen molar-refractivity contribution in [3.63, 3.8) is 0 Å². The average Bonchev–Trinajstić information content (AvgIpc) is 2.37. The van der Waals surface area contributed by atoms with Gasteiger partial charge in [0.2, 0.25) is 5.91 Å². The van der Waals surface area contributed by atoms with Crippen molar-refractivity contribution >= 4 is 27.8 Å². The van der Waals surface area contributed by atoms with Gasteiger partial charge < -0.3 is 15.4 Å². The van der Waals surface area contributed by atoms with Gasteiger partial charge in [0.25, 0.3) is 0 Å². The Labute approximate surface area is 126 Å². The molecular weight excluding hydrogens is 324 g/mol. The highest BCUT2D eigenvalue weighted by Gasteiger charge is 2.29. The van der Waals surface area contributed by atoms with E-state index in [0.717, 1.165) is 10.0 Å². The Morgan fingerprint density at radius 2 is 2.05 bits per heavy atom. The third-order valence-corrected chi connectivity index (χ3v) is 3.84. The molecule has 1 atom stereocenters. The average molecular weight is 341 g/mol. The molecule has 0 saturated carbocycles. The molecule has 5 nitrogen and oxygen atoms in total. The van der Waals surface area contributed by atoms with Crippen molar-refractivity contribution in [3.05, 3.63) is 34.3 Å². The summed E-state index contributed by atoms with van der Waals surface area (Å²) in [6.07, 6.45) is 0.422. The van der Waals surface area contributed by atoms with Crippen molar-refractivity contribution in [3.8, 4) is 0 Å². The van der Waals surface area contributed by atoms with Gasteiger partial charge in [-0.1, -0.05) is 28.1 Å². The van der Waals surface area contributed by atoms with Gasteiger partial charge in [0, 0.05) is 24.0 Å². The molecule has 1 aliphatic rings. The lowest BCUT2D eigenvalue weighted by Crippen LogP contribution is -2.54. The van der Waals surface area contributed by atoms with Crippen molar-refractivity contribution in [1.82, 2.24) is 10.6 Å². The molecule has 6 heteroatoms. The van der Waals surface area contributed by atoms with Gasteiger partial charge in [-0.05, 0) is 17.7 Å². The van der Waals surface area contributed by atoms with Crippen LogP contribution in [0.2, 0.25) is 0 Å². The summed E-state index contributed by atoms with van der Waals surface area (Å²) in [5.41, 5.74) is 0.968. The second kappa shape index (κ2) is 6.85. The number of nitrogens with one attached hydrogen (secondary N) is 2. The molecule has 1 aliphatic heterocycles. The third-order valence-electron chi connectivity index (χ3n) is 3.31. The summed E-state index contributed by atoms with van der Waals surface area (Å²) < 4.78 is 5.73. The van der Waals surface area contributed by atoms with Gasteiger partial charge >= 0.3 is 5.97 Å². The molecule has 0 spiro atoms. The summed E-state index contributed by atoms with van der Waals surface area (Å²) >= 11 is 3.36. The quantitative estimate of drug-likeness (QED) is 0.780. The lowest BCUT2D eigenvalue weighted by atomic mass is 10.0. The molecular formula is C14H17BrN2O3. The number of amides is 1. The first-order valence-corrected chi connectivity index (χ1v) is 7.23. The second-order valence-corrected chi connectivity index (χ2v) is 5.69. The third kappa shape index (κ3) is 3.80. The first-order chi connectivity index (χ1) is 9.60. The van der Waals surface area contributed by atoms with E-state index in [9.17, 15) is 9.59 Å². The topological polar surface area (TPSA) is 67.4 Å². The van der Waals surface area contributed by atoms with Crippen molar-refractivity contribution in [2.45, 2.75) is 12.5 Å². The number of halogens is 1. The standard InChI is InChI=1S/C14H17BrN2O3/c1-20-14(19)12(17-13(18)10-7-16-8-10)6-9-2-4-11(15)5-3-9/h2-5,10,12,16H,6-8H2,1H3,(H,17,18)/t12-/m0/s1. The molecule has 108 valence electrons. The Morgan fingerprint density at radius 3 is 2.55 bits per heavy atom. The van der Waals surface area contributed by atoms with E-state index in [-0.39, 0.29) is 11.8 Å². The SMILES string of the molecule is COC(=O)[C@H](Cc1ccc(Br)cc1)NC(=O)C1CNC1. The van der Waals surface area contributed by atoms with E-state index >= 15 is 0 Å². The highest BCUT2D eigenvalue weighted by Crippen LogP contribution is 2.13. The minimum atomic E-state index is -0.644. The van der Waals surface area contributed by atoms with Gasteiger partial charge in [0.05, 0.1) is 13.0 Å². The minimum absolute atomic E-state index is 0.0490. The lowest BCUT2D eigenvalue weighted by Gasteiger charge is -2.27. The number of methoxy groups -OCH3 is 1. The number of rotatable bonds is 5. The second-order valence-electron chi connectivity index (χ2n) is 4.77. The summed E-state index contributed by atoms with van der Waals surface area (Å²) in [7, 11) is 1.33. The molecule has 0 bridgehead atoms. The number of benzene rings is 1. The van der Waals surface area contributed by atoms with Gasteiger partial charge in [-0.2, -0.15) is 0 Å². The monoisotopic (exact) mass is 340 g/mol. The summed E-state index contributed by atoms with van der Waals surface area (Å²) in [5.74, 6) is -0.572. The molecule has 20 heavy (non-hydrogen) atoms. The number of hydrogen-bond acceptors (Lipinski definition) is 4. The molecule has 0 aliphatic carbocycles. The molecule has 1 amide bonds. The molecule has 0 unspecified atom stereocenters. The van der Waals surface area contributed by atoms with Crippen LogP contribution in [0.5, 0.6) is 0 Å². The molecule has 2 N–H and O–H groups in total. The fraction of sp³-hybridized carbons (Fsp3) is 0.429. The van der Waals surface area contributed by atoms with Crippen molar-refractivity contribution in [1.29, 1.82) is 0 Å². The minimum Gasteiger partial charge on any atom is -0.467 e. The molecule has 1 heterocycles. The van der Waals surface area contributed by atoms with Crippen LogP contribution >= 0.6 is 15.9 Å². The van der Waals surface area contributed by atoms with E-state index < -0.39 is 12.0 Å². The summed E-state index contributed by atoms with van der Waals surface area (Å²) in [4.78, 5) is 23.7. The van der Waals surface area contributed by atoms with E-state index in [1.165, 1.54) is 7.11 Å². The molecule has 0 radical (unpaired) electrons. The Balaban J connectivity index is 2.01. The lowest BCUT2D eigenvalue weighted by molar-refractivity contribution is -0.145. The maximum atomic E-state index is 11.9. The zero-order valence-corrected chi connectivity index (χ0v) is 12.8. The molecule has 1 fully saturated rings. The van der Waals surface area contributed by atoms with Gasteiger partial charge in [0.1, 0.15) is 6.04 Å². The summed E-state index contributed by atoms with van der Waals surface area (Å²) in [6, 6.07) is 6.99. The summed E-state index contributed by atoms with van der Waals surface area (Å²) in [6.45, 7) is 1.33. The number of hydrogen-bond donors (Lipinski definition) is 2. The van der Waals surface area contributed by atoms with Crippen LogP contribution in [0.1, 0.15) is 5.56 Å². The maximum absolute atomic E-state index is 11.9. The zero-order valence-electron chi connectivity index (χ0n) is 11.2. The Hall–Kier alpha value is -1.40. The first-order valence-electron chi connectivity index (χ1n) is 6.43. The van der Waals surface area contributed by atoms with E-state index in [1.807, 2.05) is 24.3 Å². The predicted molar refractivity (Wildman–Crippen MR) is 78.2 cm³/mol. The van der Waals surface area contributed by atoms with E-state index in [4.69, 9.17) is 4.74 Å². The van der Waals surface area contributed by atoms with Crippen molar-refractivity contribution in [2.24, 2.45) is 5.92 Å². The number of ether oxygens (including phenoxy) is 1. The van der Waals surface area contributed by atoms with Crippen LogP contribution in [0, 0.1) is 5.92 Å². The number of carbonyl (C=O) groups is 2. The fourth-order valence-corrected chi connectivity index (χ4v) is 2.22. The smallest absolute Gasteiger partial charge is 0.328 e. The van der Waals surface area contributed by atoms with Crippen molar-refractivity contribution < 1.29 is 14.3 Å². The number of esters is 1. The Kier molecular flexibility index (Phi) is 5.14. The highest BCUT2D eigenvalue weighted by molar-refractivity contribution is 9.10. The molecule has 1 aromatic carbocycles. The molecule has 0 aromatic heterocycles. The fourth-order valence-electron chi connectivity index (χ4n) is 1.96. The molecule has 1 saturated heterocycles. The highest BCUT2D eigenvalue weighted by atomic mass is 79.9. The normalized spacial score (nSPS) is 16.1. The molecule has 1 aromatic rings.